The molecular weight excluding hydrogens is 474 g/mol. The van der Waals surface area contributed by atoms with E-state index < -0.39 is 19.9 Å². The molecule has 4 rings (SSSR count). The fourth-order valence-electron chi connectivity index (χ4n) is 3.63. The van der Waals surface area contributed by atoms with Crippen LogP contribution in [0, 0.1) is 0 Å². The molecule has 1 saturated heterocycles. The molecular formula is C23H25N5O4S2. The summed E-state index contributed by atoms with van der Waals surface area (Å²) in [6.45, 7) is 1.43. The molecule has 34 heavy (non-hydrogen) atoms. The van der Waals surface area contributed by atoms with E-state index in [0.717, 1.165) is 5.56 Å². The Morgan fingerprint density at radius 2 is 1.53 bits per heavy atom. The van der Waals surface area contributed by atoms with Crippen LogP contribution in [0.2, 0.25) is 0 Å². The van der Waals surface area contributed by atoms with Crippen LogP contribution in [-0.2, 0) is 19.9 Å². The van der Waals surface area contributed by atoms with E-state index in [4.69, 9.17) is 5.14 Å². The van der Waals surface area contributed by atoms with Gasteiger partial charge in [0.15, 0.2) is 9.84 Å². The molecule has 0 atom stereocenters. The van der Waals surface area contributed by atoms with Gasteiger partial charge in [-0.3, -0.25) is 0 Å². The SMILES string of the molecule is NS(=O)(=O)c1cccc(/C=C/c2cnc(Nc3ccc(S(=O)(=O)C4CCNCC4)cc3)nc2)c1. The predicted octanol–water partition coefficient (Wildman–Crippen LogP) is 2.56. The van der Waals surface area contributed by atoms with Crippen molar-refractivity contribution in [1.82, 2.24) is 15.3 Å². The number of sulfone groups is 1. The van der Waals surface area contributed by atoms with Gasteiger partial charge in [-0.1, -0.05) is 24.3 Å². The van der Waals surface area contributed by atoms with Gasteiger partial charge in [0.2, 0.25) is 16.0 Å². The molecule has 4 N–H and O–H groups in total. The summed E-state index contributed by atoms with van der Waals surface area (Å²) in [4.78, 5) is 8.91. The minimum absolute atomic E-state index is 0.0417. The third kappa shape index (κ3) is 5.86. The lowest BCUT2D eigenvalue weighted by Gasteiger charge is -2.22. The van der Waals surface area contributed by atoms with Crippen LogP contribution >= 0.6 is 0 Å². The number of nitrogens with zero attached hydrogens (tertiary/aromatic N) is 2. The first kappa shape index (κ1) is 24.0. The summed E-state index contributed by atoms with van der Waals surface area (Å²) in [5.41, 5.74) is 2.07. The maximum atomic E-state index is 12.8. The van der Waals surface area contributed by atoms with Gasteiger partial charge in [0.25, 0.3) is 0 Å². The van der Waals surface area contributed by atoms with Crippen molar-refractivity contribution in [2.75, 3.05) is 18.4 Å². The Kier molecular flexibility index (Phi) is 7.08. The van der Waals surface area contributed by atoms with Crippen LogP contribution in [0.3, 0.4) is 0 Å². The Balaban J connectivity index is 1.40. The minimum Gasteiger partial charge on any atom is -0.324 e. The number of nitrogens with one attached hydrogen (secondary N) is 2. The standard InChI is InChI=1S/C23H25N5O4S2/c24-34(31,32)22-3-1-2-17(14-22)4-5-18-15-26-23(27-16-18)28-19-6-8-20(9-7-19)33(29,30)21-10-12-25-13-11-21/h1-9,14-16,21,25H,10-13H2,(H2,24,31,32)(H,26,27,28)/b5-4+. The second-order valence-electron chi connectivity index (χ2n) is 7.93. The molecule has 2 aromatic carbocycles. The second-order valence-corrected chi connectivity index (χ2v) is 11.7. The van der Waals surface area contributed by atoms with Crippen molar-refractivity contribution in [3.05, 3.63) is 72.1 Å². The van der Waals surface area contributed by atoms with Gasteiger partial charge < -0.3 is 10.6 Å². The van der Waals surface area contributed by atoms with Crippen LogP contribution in [0.5, 0.6) is 0 Å². The zero-order valence-corrected chi connectivity index (χ0v) is 19.9. The largest absolute Gasteiger partial charge is 0.324 e. The van der Waals surface area contributed by atoms with Gasteiger partial charge in [-0.25, -0.2) is 31.9 Å². The number of nitrogens with two attached hydrogens (primary N) is 1. The Labute approximate surface area is 199 Å². The van der Waals surface area contributed by atoms with E-state index in [2.05, 4.69) is 20.6 Å². The Bertz CT molecular complexity index is 1380. The number of aromatic nitrogens is 2. The van der Waals surface area contributed by atoms with Crippen LogP contribution in [0.25, 0.3) is 12.2 Å². The average molecular weight is 500 g/mol. The number of piperidine rings is 1. The minimum atomic E-state index is -3.76. The lowest BCUT2D eigenvalue weighted by molar-refractivity contribution is 0.496. The zero-order chi connectivity index (χ0) is 24.2. The summed E-state index contributed by atoms with van der Waals surface area (Å²) in [7, 11) is -7.11. The van der Waals surface area contributed by atoms with Gasteiger partial charge in [0, 0.05) is 23.6 Å². The average Bonchev–Trinajstić information content (AvgIpc) is 2.84. The molecule has 0 amide bonds. The van der Waals surface area contributed by atoms with Crippen LogP contribution in [0.15, 0.2) is 70.7 Å². The number of primary sulfonamides is 1. The lowest BCUT2D eigenvalue weighted by Crippen LogP contribution is -2.35. The van der Waals surface area contributed by atoms with Crippen molar-refractivity contribution in [1.29, 1.82) is 0 Å². The van der Waals surface area contributed by atoms with Gasteiger partial charge in [-0.05, 0) is 67.9 Å². The topological polar surface area (TPSA) is 144 Å². The molecule has 0 saturated carbocycles. The fraction of sp³-hybridized carbons (Fsp3) is 0.217. The first-order chi connectivity index (χ1) is 16.2. The van der Waals surface area contributed by atoms with Crippen LogP contribution in [0.4, 0.5) is 11.6 Å². The highest BCUT2D eigenvalue weighted by atomic mass is 32.2. The lowest BCUT2D eigenvalue weighted by atomic mass is 10.2. The molecule has 3 aromatic rings. The number of anilines is 2. The molecule has 9 nitrogen and oxygen atoms in total. The van der Waals surface area contributed by atoms with E-state index in [0.29, 0.717) is 48.0 Å². The number of hydrogen-bond acceptors (Lipinski definition) is 8. The van der Waals surface area contributed by atoms with Crippen molar-refractivity contribution < 1.29 is 16.8 Å². The molecule has 1 aromatic heterocycles. The van der Waals surface area contributed by atoms with Crippen molar-refractivity contribution in [2.45, 2.75) is 27.9 Å². The fourth-order valence-corrected chi connectivity index (χ4v) is 5.96. The molecule has 0 spiro atoms. The van der Waals surface area contributed by atoms with E-state index in [-0.39, 0.29) is 10.1 Å². The highest BCUT2D eigenvalue weighted by Crippen LogP contribution is 2.24. The smallest absolute Gasteiger partial charge is 0.238 e. The Hall–Kier alpha value is -3.12. The molecule has 0 unspecified atom stereocenters. The highest BCUT2D eigenvalue weighted by Gasteiger charge is 2.28. The van der Waals surface area contributed by atoms with Gasteiger partial charge >= 0.3 is 0 Å². The molecule has 2 heterocycles. The normalized spacial score (nSPS) is 15.4. The molecule has 11 heteroatoms. The summed E-state index contributed by atoms with van der Waals surface area (Å²) >= 11 is 0. The highest BCUT2D eigenvalue weighted by molar-refractivity contribution is 7.92. The third-order valence-corrected chi connectivity index (χ3v) is 8.68. The van der Waals surface area contributed by atoms with E-state index >= 15 is 0 Å². The van der Waals surface area contributed by atoms with Crippen LogP contribution < -0.4 is 15.8 Å². The third-order valence-electron chi connectivity index (χ3n) is 5.49. The van der Waals surface area contributed by atoms with Gasteiger partial charge in [0.05, 0.1) is 15.0 Å². The van der Waals surface area contributed by atoms with Crippen molar-refractivity contribution in [3.63, 3.8) is 0 Å². The monoisotopic (exact) mass is 499 g/mol. The number of sulfonamides is 1. The molecule has 1 aliphatic rings. The van der Waals surface area contributed by atoms with E-state index in [1.807, 2.05) is 0 Å². The molecule has 1 fully saturated rings. The van der Waals surface area contributed by atoms with Crippen molar-refractivity contribution >= 4 is 43.6 Å². The Morgan fingerprint density at radius 3 is 2.18 bits per heavy atom. The first-order valence-electron chi connectivity index (χ1n) is 10.7. The van der Waals surface area contributed by atoms with Crippen molar-refractivity contribution in [3.8, 4) is 0 Å². The molecule has 178 valence electrons. The number of rotatable bonds is 7. The summed E-state index contributed by atoms with van der Waals surface area (Å²) in [5.74, 6) is 0.363. The Morgan fingerprint density at radius 1 is 0.882 bits per heavy atom. The van der Waals surface area contributed by atoms with Gasteiger partial charge in [-0.2, -0.15) is 0 Å². The molecule has 0 bridgehead atoms. The van der Waals surface area contributed by atoms with Crippen LogP contribution in [-0.4, -0.2) is 45.1 Å². The summed E-state index contributed by atoms with van der Waals surface area (Å²) in [6, 6.07) is 12.9. The maximum absolute atomic E-state index is 12.8. The van der Waals surface area contributed by atoms with Gasteiger partial charge in [0.1, 0.15) is 0 Å². The quantitative estimate of drug-likeness (QED) is 0.450. The predicted molar refractivity (Wildman–Crippen MR) is 132 cm³/mol. The zero-order valence-electron chi connectivity index (χ0n) is 18.3. The molecule has 0 radical (unpaired) electrons. The molecule has 1 aliphatic heterocycles. The summed E-state index contributed by atoms with van der Waals surface area (Å²) in [5, 5.41) is 11.1. The van der Waals surface area contributed by atoms with E-state index in [1.165, 1.54) is 12.1 Å². The second kappa shape index (κ2) is 10.0. The van der Waals surface area contributed by atoms with Gasteiger partial charge in [-0.15, -0.1) is 0 Å². The molecule has 0 aliphatic carbocycles. The van der Waals surface area contributed by atoms with Crippen LogP contribution in [0.1, 0.15) is 24.0 Å². The first-order valence-corrected chi connectivity index (χ1v) is 13.8. The van der Waals surface area contributed by atoms with Crippen molar-refractivity contribution in [2.24, 2.45) is 5.14 Å². The van der Waals surface area contributed by atoms with E-state index in [9.17, 15) is 16.8 Å². The summed E-state index contributed by atoms with van der Waals surface area (Å²) < 4.78 is 48.6. The number of hydrogen-bond donors (Lipinski definition) is 3. The maximum Gasteiger partial charge on any atom is 0.238 e. The van der Waals surface area contributed by atoms with E-state index in [1.54, 1.807) is 60.9 Å². The summed E-state index contributed by atoms with van der Waals surface area (Å²) in [6.07, 6.45) is 7.97. The number of benzene rings is 2.